The van der Waals surface area contributed by atoms with E-state index in [0.717, 1.165) is 36.6 Å². The zero-order chi connectivity index (χ0) is 17.1. The van der Waals surface area contributed by atoms with Crippen molar-refractivity contribution in [3.63, 3.8) is 0 Å². The van der Waals surface area contributed by atoms with Crippen LogP contribution in [0.2, 0.25) is 0 Å². The van der Waals surface area contributed by atoms with Crippen LogP contribution in [0.5, 0.6) is 5.75 Å². The molecule has 24 heavy (non-hydrogen) atoms. The van der Waals surface area contributed by atoms with Crippen LogP contribution in [0.1, 0.15) is 27.4 Å². The number of carbonyl (C=O) groups is 1. The summed E-state index contributed by atoms with van der Waals surface area (Å²) in [5.41, 5.74) is 0. The summed E-state index contributed by atoms with van der Waals surface area (Å²) >= 11 is 1.50. The molecule has 1 aliphatic heterocycles. The van der Waals surface area contributed by atoms with Crippen LogP contribution in [0.25, 0.3) is 0 Å². The standard InChI is InChI=1S/C18H23N3O2S/c1-13-12-15(23-3)17(24-13)18(22)20(2)14-7-10-21(11-8-14)16-6-4-5-9-19-16/h4-6,9,12,14H,7-8,10-11H2,1-3H3. The Balaban J connectivity index is 1.64. The van der Waals surface area contributed by atoms with Gasteiger partial charge in [0.15, 0.2) is 0 Å². The fourth-order valence-corrected chi connectivity index (χ4v) is 4.10. The fourth-order valence-electron chi connectivity index (χ4n) is 3.14. The molecule has 0 atom stereocenters. The summed E-state index contributed by atoms with van der Waals surface area (Å²) in [5, 5.41) is 0. The van der Waals surface area contributed by atoms with Gasteiger partial charge in [-0.25, -0.2) is 4.98 Å². The molecular weight excluding hydrogens is 322 g/mol. The Kier molecular flexibility index (Phi) is 5.04. The van der Waals surface area contributed by atoms with Gasteiger partial charge in [0.25, 0.3) is 5.91 Å². The number of hydrogen-bond donors (Lipinski definition) is 0. The van der Waals surface area contributed by atoms with E-state index in [2.05, 4.69) is 9.88 Å². The Labute approximate surface area is 146 Å². The van der Waals surface area contributed by atoms with Gasteiger partial charge in [0.2, 0.25) is 0 Å². The van der Waals surface area contributed by atoms with Crippen molar-refractivity contribution >= 4 is 23.1 Å². The summed E-state index contributed by atoms with van der Waals surface area (Å²) < 4.78 is 5.35. The molecule has 6 heteroatoms. The molecule has 1 saturated heterocycles. The molecule has 0 unspecified atom stereocenters. The molecule has 3 heterocycles. The van der Waals surface area contributed by atoms with Crippen LogP contribution in [0.15, 0.2) is 30.5 Å². The average molecular weight is 345 g/mol. The molecule has 1 fully saturated rings. The molecule has 1 aliphatic rings. The normalized spacial score (nSPS) is 15.4. The Morgan fingerprint density at radius 2 is 2.12 bits per heavy atom. The summed E-state index contributed by atoms with van der Waals surface area (Å²) in [6.45, 7) is 3.83. The number of rotatable bonds is 4. The molecule has 128 valence electrons. The molecule has 0 aliphatic carbocycles. The number of ether oxygens (including phenoxy) is 1. The number of aryl methyl sites for hydroxylation is 1. The van der Waals surface area contributed by atoms with Gasteiger partial charge in [0, 0.05) is 37.3 Å². The van der Waals surface area contributed by atoms with Crippen LogP contribution in [-0.4, -0.2) is 49.1 Å². The Hall–Kier alpha value is -2.08. The molecule has 2 aromatic heterocycles. The SMILES string of the molecule is COc1cc(C)sc1C(=O)N(C)C1CCN(c2ccccn2)CC1. The molecule has 0 aromatic carbocycles. The van der Waals surface area contributed by atoms with Gasteiger partial charge in [0.05, 0.1) is 7.11 Å². The molecule has 1 amide bonds. The molecule has 0 radical (unpaired) electrons. The van der Waals surface area contributed by atoms with E-state index < -0.39 is 0 Å². The van der Waals surface area contributed by atoms with Crippen molar-refractivity contribution in [3.8, 4) is 5.75 Å². The van der Waals surface area contributed by atoms with Crippen LogP contribution < -0.4 is 9.64 Å². The average Bonchev–Trinajstić information content (AvgIpc) is 3.02. The summed E-state index contributed by atoms with van der Waals surface area (Å²) in [6.07, 6.45) is 3.72. The number of hydrogen-bond acceptors (Lipinski definition) is 5. The zero-order valence-corrected chi connectivity index (χ0v) is 15.2. The van der Waals surface area contributed by atoms with Gasteiger partial charge in [-0.15, -0.1) is 11.3 Å². The van der Waals surface area contributed by atoms with Crippen molar-refractivity contribution in [2.24, 2.45) is 0 Å². The third-order valence-electron chi connectivity index (χ3n) is 4.54. The number of nitrogens with zero attached hydrogens (tertiary/aromatic N) is 3. The van der Waals surface area contributed by atoms with Crippen molar-refractivity contribution in [3.05, 3.63) is 40.2 Å². The number of carbonyl (C=O) groups excluding carboxylic acids is 1. The van der Waals surface area contributed by atoms with Crippen LogP contribution >= 0.6 is 11.3 Å². The number of amides is 1. The first kappa shape index (κ1) is 16.8. The van der Waals surface area contributed by atoms with Gasteiger partial charge >= 0.3 is 0 Å². The fraction of sp³-hybridized carbons (Fsp3) is 0.444. The molecule has 3 rings (SSSR count). The lowest BCUT2D eigenvalue weighted by molar-refractivity contribution is 0.0711. The Bertz CT molecular complexity index is 694. The predicted molar refractivity (Wildman–Crippen MR) is 97.2 cm³/mol. The minimum absolute atomic E-state index is 0.0567. The number of thiophene rings is 1. The lowest BCUT2D eigenvalue weighted by Gasteiger charge is -2.37. The summed E-state index contributed by atoms with van der Waals surface area (Å²) in [7, 11) is 3.52. The van der Waals surface area contributed by atoms with E-state index in [0.29, 0.717) is 10.6 Å². The van der Waals surface area contributed by atoms with Crippen molar-refractivity contribution < 1.29 is 9.53 Å². The number of aromatic nitrogens is 1. The van der Waals surface area contributed by atoms with Gasteiger partial charge in [-0.2, -0.15) is 0 Å². The summed E-state index contributed by atoms with van der Waals surface area (Å²) in [6, 6.07) is 8.16. The van der Waals surface area contributed by atoms with Crippen LogP contribution in [-0.2, 0) is 0 Å². The Morgan fingerprint density at radius 3 is 2.75 bits per heavy atom. The first-order valence-electron chi connectivity index (χ1n) is 8.17. The quantitative estimate of drug-likeness (QED) is 0.854. The third kappa shape index (κ3) is 3.38. The van der Waals surface area contributed by atoms with Gasteiger partial charge < -0.3 is 14.5 Å². The molecule has 0 bridgehead atoms. The predicted octanol–water partition coefficient (Wildman–Crippen LogP) is 3.20. The van der Waals surface area contributed by atoms with E-state index in [1.807, 2.05) is 49.3 Å². The van der Waals surface area contributed by atoms with Crippen molar-refractivity contribution in [2.75, 3.05) is 32.1 Å². The van der Waals surface area contributed by atoms with E-state index in [9.17, 15) is 4.79 Å². The molecule has 0 spiro atoms. The van der Waals surface area contributed by atoms with E-state index in [4.69, 9.17) is 4.74 Å². The van der Waals surface area contributed by atoms with Gasteiger partial charge in [-0.05, 0) is 38.0 Å². The minimum Gasteiger partial charge on any atom is -0.495 e. The van der Waals surface area contributed by atoms with Crippen molar-refractivity contribution in [2.45, 2.75) is 25.8 Å². The van der Waals surface area contributed by atoms with Crippen LogP contribution in [0.4, 0.5) is 5.82 Å². The molecule has 5 nitrogen and oxygen atoms in total. The lowest BCUT2D eigenvalue weighted by atomic mass is 10.0. The van der Waals surface area contributed by atoms with Crippen LogP contribution in [0.3, 0.4) is 0 Å². The first-order chi connectivity index (χ1) is 11.6. The van der Waals surface area contributed by atoms with E-state index in [-0.39, 0.29) is 11.9 Å². The highest BCUT2D eigenvalue weighted by Gasteiger charge is 2.28. The van der Waals surface area contributed by atoms with E-state index in [1.54, 1.807) is 7.11 Å². The Morgan fingerprint density at radius 1 is 1.38 bits per heavy atom. The van der Waals surface area contributed by atoms with Crippen LogP contribution in [0, 0.1) is 6.92 Å². The molecular formula is C18H23N3O2S. The number of piperidine rings is 1. The number of anilines is 1. The maximum atomic E-state index is 12.8. The largest absolute Gasteiger partial charge is 0.495 e. The first-order valence-corrected chi connectivity index (χ1v) is 8.99. The van der Waals surface area contributed by atoms with E-state index >= 15 is 0 Å². The van der Waals surface area contributed by atoms with E-state index in [1.165, 1.54) is 11.3 Å². The zero-order valence-electron chi connectivity index (χ0n) is 14.4. The second-order valence-electron chi connectivity index (χ2n) is 6.08. The smallest absolute Gasteiger partial charge is 0.267 e. The lowest BCUT2D eigenvalue weighted by Crippen LogP contribution is -2.45. The van der Waals surface area contributed by atoms with Gasteiger partial charge in [0.1, 0.15) is 16.4 Å². The van der Waals surface area contributed by atoms with Gasteiger partial charge in [-0.3, -0.25) is 4.79 Å². The molecule has 2 aromatic rings. The maximum absolute atomic E-state index is 12.8. The minimum atomic E-state index is 0.0567. The van der Waals surface area contributed by atoms with Crippen molar-refractivity contribution in [1.29, 1.82) is 0 Å². The van der Waals surface area contributed by atoms with Crippen molar-refractivity contribution in [1.82, 2.24) is 9.88 Å². The second-order valence-corrected chi connectivity index (χ2v) is 7.33. The highest BCUT2D eigenvalue weighted by molar-refractivity contribution is 7.14. The summed E-state index contributed by atoms with van der Waals surface area (Å²) in [4.78, 5) is 23.2. The monoisotopic (exact) mass is 345 g/mol. The van der Waals surface area contributed by atoms with Gasteiger partial charge in [-0.1, -0.05) is 6.07 Å². The third-order valence-corrected chi connectivity index (χ3v) is 5.56. The highest BCUT2D eigenvalue weighted by Crippen LogP contribution is 2.31. The number of pyridine rings is 1. The second kappa shape index (κ2) is 7.21. The topological polar surface area (TPSA) is 45.7 Å². The molecule has 0 saturated carbocycles. The maximum Gasteiger partial charge on any atom is 0.267 e. The molecule has 0 N–H and O–H groups in total. The number of methoxy groups -OCH3 is 1. The summed E-state index contributed by atoms with van der Waals surface area (Å²) in [5.74, 6) is 1.75. The highest BCUT2D eigenvalue weighted by atomic mass is 32.1.